The largest absolute Gasteiger partial charge is 0.477 e. The Morgan fingerprint density at radius 3 is 2.32 bits per heavy atom. The molecule has 2 heterocycles. The quantitative estimate of drug-likeness (QED) is 0.370. The Morgan fingerprint density at radius 1 is 1.08 bits per heavy atom. The van der Waals surface area contributed by atoms with E-state index in [4.69, 9.17) is 0 Å². The van der Waals surface area contributed by atoms with E-state index in [1.165, 1.54) is 24.3 Å². The molecule has 2 N–H and O–H groups in total. The molecule has 2 aromatic heterocycles. The lowest BCUT2D eigenvalue weighted by molar-refractivity contribution is -0.123. The first-order chi connectivity index (χ1) is 17.6. The van der Waals surface area contributed by atoms with Crippen molar-refractivity contribution in [1.29, 1.82) is 0 Å². The van der Waals surface area contributed by atoms with Crippen LogP contribution in [0.2, 0.25) is 0 Å². The average molecular weight is 524 g/mol. The number of carboxylic acids is 1. The van der Waals surface area contributed by atoms with Crippen LogP contribution in [0, 0.1) is 17.7 Å². The van der Waals surface area contributed by atoms with Crippen LogP contribution in [0.25, 0.3) is 10.4 Å². The summed E-state index contributed by atoms with van der Waals surface area (Å²) in [5.41, 5.74) is 1.37. The minimum absolute atomic E-state index is 0.0225. The Balaban J connectivity index is 1.57. The van der Waals surface area contributed by atoms with Gasteiger partial charge in [0.2, 0.25) is 5.91 Å². The molecule has 0 atom stereocenters. The summed E-state index contributed by atoms with van der Waals surface area (Å²) in [6, 6.07) is 10.1. The van der Waals surface area contributed by atoms with Gasteiger partial charge in [0.1, 0.15) is 16.5 Å². The van der Waals surface area contributed by atoms with Crippen LogP contribution in [0.4, 0.5) is 15.9 Å². The van der Waals surface area contributed by atoms with Crippen molar-refractivity contribution in [1.82, 2.24) is 4.98 Å². The maximum absolute atomic E-state index is 13.5. The van der Waals surface area contributed by atoms with Crippen LogP contribution >= 0.6 is 11.3 Å². The maximum atomic E-state index is 13.5. The summed E-state index contributed by atoms with van der Waals surface area (Å²) in [4.78, 5) is 44.7. The van der Waals surface area contributed by atoms with E-state index < -0.39 is 17.7 Å². The first-order valence-electron chi connectivity index (χ1n) is 12.4. The Morgan fingerprint density at radius 2 is 1.76 bits per heavy atom. The lowest BCUT2D eigenvalue weighted by atomic mass is 9.82. The first kappa shape index (κ1) is 26.5. The fourth-order valence-electron chi connectivity index (χ4n) is 4.61. The normalized spacial score (nSPS) is 17.4. The molecule has 1 aliphatic rings. The van der Waals surface area contributed by atoms with Gasteiger partial charge in [-0.15, -0.1) is 11.3 Å². The topological polar surface area (TPSA) is 99.6 Å². The van der Waals surface area contributed by atoms with E-state index in [0.29, 0.717) is 33.4 Å². The summed E-state index contributed by atoms with van der Waals surface area (Å²) in [5, 5.41) is 12.6. The maximum Gasteiger partial charge on any atom is 0.348 e. The van der Waals surface area contributed by atoms with Gasteiger partial charge in [0, 0.05) is 34.2 Å². The number of thiophene rings is 1. The molecule has 0 unspecified atom stereocenters. The van der Waals surface area contributed by atoms with Gasteiger partial charge in [-0.25, -0.2) is 14.2 Å². The molecule has 194 valence electrons. The van der Waals surface area contributed by atoms with Gasteiger partial charge in [-0.2, -0.15) is 0 Å². The summed E-state index contributed by atoms with van der Waals surface area (Å²) in [7, 11) is 0. The van der Waals surface area contributed by atoms with E-state index in [-0.39, 0.29) is 22.7 Å². The van der Waals surface area contributed by atoms with Gasteiger partial charge in [-0.1, -0.05) is 6.92 Å². The lowest BCUT2D eigenvalue weighted by Gasteiger charge is -2.33. The van der Waals surface area contributed by atoms with Crippen LogP contribution in [-0.4, -0.2) is 33.9 Å². The number of rotatable bonds is 7. The predicted molar refractivity (Wildman–Crippen MR) is 143 cm³/mol. The number of carboxylic acid groups (broad SMARTS) is 1. The number of aromatic nitrogens is 1. The van der Waals surface area contributed by atoms with Crippen LogP contribution in [0.5, 0.6) is 0 Å². The molecule has 1 aromatic carbocycles. The number of amides is 2. The smallest absolute Gasteiger partial charge is 0.348 e. The third-order valence-electron chi connectivity index (χ3n) is 6.68. The van der Waals surface area contributed by atoms with Crippen LogP contribution in [0.1, 0.15) is 66.5 Å². The van der Waals surface area contributed by atoms with Gasteiger partial charge >= 0.3 is 5.97 Å². The second-order valence-electron chi connectivity index (χ2n) is 9.78. The minimum atomic E-state index is -1.09. The van der Waals surface area contributed by atoms with E-state index in [0.717, 1.165) is 37.0 Å². The van der Waals surface area contributed by atoms with Crippen LogP contribution in [-0.2, 0) is 4.79 Å². The Labute approximate surface area is 219 Å². The second kappa shape index (κ2) is 11.2. The van der Waals surface area contributed by atoms with Gasteiger partial charge in [0.15, 0.2) is 0 Å². The molecule has 2 amide bonds. The van der Waals surface area contributed by atoms with Crippen molar-refractivity contribution in [3.63, 3.8) is 0 Å². The molecule has 7 nitrogen and oxygen atoms in total. The molecule has 0 saturated heterocycles. The SMILES string of the molecule is CC1CCC(C(=O)N(c2cc(-c3ccc(NC(=O)c4ccc(F)cc4)nc3)sc2C(=O)O)C(C)C)CC1. The molecule has 1 saturated carbocycles. The molecule has 0 aliphatic heterocycles. The first-order valence-corrected chi connectivity index (χ1v) is 13.2. The molecule has 4 rings (SSSR count). The number of halogens is 1. The Kier molecular flexibility index (Phi) is 8.02. The van der Waals surface area contributed by atoms with E-state index in [2.05, 4.69) is 17.2 Å². The van der Waals surface area contributed by atoms with Crippen molar-refractivity contribution >= 4 is 40.6 Å². The van der Waals surface area contributed by atoms with Crippen molar-refractivity contribution < 1.29 is 23.9 Å². The molecule has 9 heteroatoms. The van der Waals surface area contributed by atoms with Gasteiger partial charge in [0.05, 0.1) is 5.69 Å². The van der Waals surface area contributed by atoms with Crippen LogP contribution in [0.3, 0.4) is 0 Å². The van der Waals surface area contributed by atoms with E-state index in [1.807, 2.05) is 13.8 Å². The number of aromatic carboxylic acids is 1. The summed E-state index contributed by atoms with van der Waals surface area (Å²) >= 11 is 1.09. The van der Waals surface area contributed by atoms with E-state index in [1.54, 1.807) is 29.3 Å². The average Bonchev–Trinajstić information content (AvgIpc) is 3.30. The van der Waals surface area contributed by atoms with Crippen molar-refractivity contribution in [2.24, 2.45) is 11.8 Å². The summed E-state index contributed by atoms with van der Waals surface area (Å²) in [6.07, 6.45) is 5.18. The number of nitrogens with zero attached hydrogens (tertiary/aromatic N) is 2. The number of carbonyl (C=O) groups excluding carboxylic acids is 2. The lowest BCUT2D eigenvalue weighted by Crippen LogP contribution is -2.42. The van der Waals surface area contributed by atoms with E-state index in [9.17, 15) is 23.9 Å². The van der Waals surface area contributed by atoms with Gasteiger partial charge in [-0.3, -0.25) is 9.59 Å². The zero-order chi connectivity index (χ0) is 26.7. The van der Waals surface area contributed by atoms with Gasteiger partial charge in [-0.05, 0) is 87.9 Å². The fourth-order valence-corrected chi connectivity index (χ4v) is 5.59. The van der Waals surface area contributed by atoms with Crippen molar-refractivity contribution in [2.45, 2.75) is 52.5 Å². The summed E-state index contributed by atoms with van der Waals surface area (Å²) in [5.74, 6) is -1.15. The molecular formula is C28H30FN3O4S. The molecule has 37 heavy (non-hydrogen) atoms. The van der Waals surface area contributed by atoms with Crippen molar-refractivity contribution in [3.8, 4) is 10.4 Å². The highest BCUT2D eigenvalue weighted by Crippen LogP contribution is 2.40. The van der Waals surface area contributed by atoms with E-state index >= 15 is 0 Å². The number of pyridine rings is 1. The van der Waals surface area contributed by atoms with Gasteiger partial charge < -0.3 is 15.3 Å². The number of carbonyl (C=O) groups is 3. The number of benzene rings is 1. The molecule has 0 bridgehead atoms. The van der Waals surface area contributed by atoms with Crippen LogP contribution in [0.15, 0.2) is 48.7 Å². The zero-order valence-corrected chi connectivity index (χ0v) is 21.8. The number of anilines is 2. The summed E-state index contributed by atoms with van der Waals surface area (Å²) in [6.45, 7) is 5.99. The minimum Gasteiger partial charge on any atom is -0.477 e. The van der Waals surface area contributed by atoms with Crippen LogP contribution < -0.4 is 10.2 Å². The van der Waals surface area contributed by atoms with Crippen molar-refractivity contribution in [3.05, 3.63) is 64.9 Å². The highest BCUT2D eigenvalue weighted by Gasteiger charge is 2.33. The number of hydrogen-bond acceptors (Lipinski definition) is 5. The third-order valence-corrected chi connectivity index (χ3v) is 7.84. The van der Waals surface area contributed by atoms with Gasteiger partial charge in [0.25, 0.3) is 5.91 Å². The highest BCUT2D eigenvalue weighted by atomic mass is 32.1. The highest BCUT2D eigenvalue weighted by molar-refractivity contribution is 7.18. The Hall–Kier alpha value is -3.59. The molecule has 0 spiro atoms. The summed E-state index contributed by atoms with van der Waals surface area (Å²) < 4.78 is 13.1. The Bertz CT molecular complexity index is 1280. The fraction of sp³-hybridized carbons (Fsp3) is 0.357. The second-order valence-corrected chi connectivity index (χ2v) is 10.8. The third kappa shape index (κ3) is 6.05. The predicted octanol–water partition coefficient (Wildman–Crippen LogP) is 6.47. The number of hydrogen-bond donors (Lipinski definition) is 2. The number of nitrogens with one attached hydrogen (secondary N) is 1. The standard InChI is InChI=1S/C28H30FN3O4S/c1-16(2)32(27(34)19-6-4-17(3)5-7-19)22-14-23(37-25(22)28(35)36)20-10-13-24(30-15-20)31-26(33)18-8-11-21(29)12-9-18/h8-17,19H,4-7H2,1-3H3,(H,35,36)(H,30,31,33). The monoisotopic (exact) mass is 523 g/mol. The molecular weight excluding hydrogens is 493 g/mol. The molecule has 3 aromatic rings. The molecule has 1 fully saturated rings. The zero-order valence-electron chi connectivity index (χ0n) is 21.0. The molecule has 1 aliphatic carbocycles. The molecule has 0 radical (unpaired) electrons. The van der Waals surface area contributed by atoms with Crippen molar-refractivity contribution in [2.75, 3.05) is 10.2 Å².